The van der Waals surface area contributed by atoms with Crippen LogP contribution in [0.4, 0.5) is 14.5 Å². The maximum absolute atomic E-state index is 12.9. The second-order valence-corrected chi connectivity index (χ2v) is 5.96. The van der Waals surface area contributed by atoms with Crippen LogP contribution < -0.4 is 20.1 Å². The summed E-state index contributed by atoms with van der Waals surface area (Å²) in [5, 5.41) is 5.94. The number of carbonyl (C=O) groups is 1. The Hall–Kier alpha value is -1.54. The van der Waals surface area contributed by atoms with E-state index in [1.165, 1.54) is 18.2 Å². The number of carbonyl (C=O) groups excluding carboxylic acids is 1. The molecule has 1 aromatic rings. The highest BCUT2D eigenvalue weighted by Gasteiger charge is 2.43. The number of amides is 1. The van der Waals surface area contributed by atoms with Gasteiger partial charge < -0.3 is 20.1 Å². The van der Waals surface area contributed by atoms with Crippen LogP contribution >= 0.6 is 11.8 Å². The standard InChI is InChI=1S/C13H14F2N2O3S/c14-13(15)19-10-2-1-8(5-11(10)20-13)17-12(18)6-9-7-21-4-3-16-9/h1-2,5,9,16H,3-4,6-7H2,(H,17,18). The third-order valence-corrected chi connectivity index (χ3v) is 4.25. The average Bonchev–Trinajstić information content (AvgIpc) is 2.73. The number of hydrogen-bond acceptors (Lipinski definition) is 5. The van der Waals surface area contributed by atoms with Gasteiger partial charge >= 0.3 is 6.29 Å². The molecule has 0 aromatic heterocycles. The molecule has 2 N–H and O–H groups in total. The van der Waals surface area contributed by atoms with Gasteiger partial charge in [0.2, 0.25) is 5.91 Å². The molecule has 0 aliphatic carbocycles. The van der Waals surface area contributed by atoms with Crippen LogP contribution in [0, 0.1) is 0 Å². The molecule has 8 heteroatoms. The second-order valence-electron chi connectivity index (χ2n) is 4.81. The summed E-state index contributed by atoms with van der Waals surface area (Å²) >= 11 is 1.80. The molecule has 5 nitrogen and oxygen atoms in total. The molecular formula is C13H14F2N2O3S. The lowest BCUT2D eigenvalue weighted by Crippen LogP contribution is -2.39. The quantitative estimate of drug-likeness (QED) is 0.894. The van der Waals surface area contributed by atoms with E-state index >= 15 is 0 Å². The van der Waals surface area contributed by atoms with Gasteiger partial charge in [0, 0.05) is 42.3 Å². The summed E-state index contributed by atoms with van der Waals surface area (Å²) in [6, 6.07) is 4.32. The predicted molar refractivity (Wildman–Crippen MR) is 75.0 cm³/mol. The number of rotatable bonds is 3. The van der Waals surface area contributed by atoms with Crippen LogP contribution in [0.1, 0.15) is 6.42 Å². The molecule has 2 aliphatic rings. The first-order chi connectivity index (χ1) is 10.0. The minimum absolute atomic E-state index is 0.0386. The van der Waals surface area contributed by atoms with Crippen molar-refractivity contribution in [2.24, 2.45) is 0 Å². The fourth-order valence-corrected chi connectivity index (χ4v) is 3.16. The summed E-state index contributed by atoms with van der Waals surface area (Å²) in [5.41, 5.74) is 0.406. The number of fused-ring (bicyclic) bond motifs is 1. The molecule has 1 atom stereocenters. The van der Waals surface area contributed by atoms with Gasteiger partial charge in [-0.3, -0.25) is 4.79 Å². The molecule has 0 spiro atoms. The molecule has 114 valence electrons. The van der Waals surface area contributed by atoms with Crippen molar-refractivity contribution in [3.63, 3.8) is 0 Å². The number of hydrogen-bond donors (Lipinski definition) is 2. The summed E-state index contributed by atoms with van der Waals surface area (Å²) in [4.78, 5) is 11.9. The Bertz CT molecular complexity index is 550. The zero-order chi connectivity index (χ0) is 14.9. The molecular weight excluding hydrogens is 302 g/mol. The van der Waals surface area contributed by atoms with Crippen molar-refractivity contribution >= 4 is 23.4 Å². The predicted octanol–water partition coefficient (Wildman–Crippen LogP) is 2.04. The molecule has 2 heterocycles. The second kappa shape index (κ2) is 5.69. The van der Waals surface area contributed by atoms with E-state index < -0.39 is 6.29 Å². The summed E-state index contributed by atoms with van der Waals surface area (Å²) in [5.74, 6) is 1.66. The lowest BCUT2D eigenvalue weighted by atomic mass is 10.2. The van der Waals surface area contributed by atoms with E-state index in [4.69, 9.17) is 0 Å². The van der Waals surface area contributed by atoms with Crippen LogP contribution in [0.5, 0.6) is 11.5 Å². The lowest BCUT2D eigenvalue weighted by Gasteiger charge is -2.22. The molecule has 0 radical (unpaired) electrons. The number of halogens is 2. The van der Waals surface area contributed by atoms with Gasteiger partial charge in [-0.05, 0) is 12.1 Å². The molecule has 0 bridgehead atoms. The molecule has 1 aromatic carbocycles. The van der Waals surface area contributed by atoms with E-state index in [0.29, 0.717) is 12.1 Å². The Labute approximate surface area is 124 Å². The first-order valence-electron chi connectivity index (χ1n) is 6.53. The van der Waals surface area contributed by atoms with Gasteiger partial charge in [0.05, 0.1) is 0 Å². The monoisotopic (exact) mass is 316 g/mol. The van der Waals surface area contributed by atoms with Crippen molar-refractivity contribution in [3.05, 3.63) is 18.2 Å². The lowest BCUT2D eigenvalue weighted by molar-refractivity contribution is -0.286. The van der Waals surface area contributed by atoms with Gasteiger partial charge in [0.25, 0.3) is 0 Å². The van der Waals surface area contributed by atoms with Crippen LogP contribution in [0.2, 0.25) is 0 Å². The third kappa shape index (κ3) is 3.56. The maximum atomic E-state index is 12.9. The minimum atomic E-state index is -3.64. The van der Waals surface area contributed by atoms with Crippen molar-refractivity contribution in [3.8, 4) is 11.5 Å². The Morgan fingerprint density at radius 1 is 1.43 bits per heavy atom. The molecule has 1 amide bonds. The zero-order valence-corrected chi connectivity index (χ0v) is 11.8. The van der Waals surface area contributed by atoms with E-state index in [-0.39, 0.29) is 23.4 Å². The van der Waals surface area contributed by atoms with Gasteiger partial charge in [-0.25, -0.2) is 0 Å². The van der Waals surface area contributed by atoms with E-state index in [2.05, 4.69) is 20.1 Å². The van der Waals surface area contributed by atoms with Gasteiger partial charge in [0.1, 0.15) is 0 Å². The normalized spacial score (nSPS) is 22.9. The Morgan fingerprint density at radius 2 is 2.24 bits per heavy atom. The molecule has 2 aliphatic heterocycles. The van der Waals surface area contributed by atoms with Gasteiger partial charge in [-0.15, -0.1) is 8.78 Å². The van der Waals surface area contributed by atoms with Crippen molar-refractivity contribution in [1.29, 1.82) is 0 Å². The SMILES string of the molecule is O=C(CC1CSCCN1)Nc1ccc2c(c1)OC(F)(F)O2. The van der Waals surface area contributed by atoms with Gasteiger partial charge in [-0.1, -0.05) is 0 Å². The van der Waals surface area contributed by atoms with E-state index in [1.807, 2.05) is 0 Å². The van der Waals surface area contributed by atoms with Crippen molar-refractivity contribution in [1.82, 2.24) is 5.32 Å². The number of alkyl halides is 2. The Morgan fingerprint density at radius 3 is 3.00 bits per heavy atom. The highest BCUT2D eigenvalue weighted by molar-refractivity contribution is 7.99. The topological polar surface area (TPSA) is 59.6 Å². The molecule has 0 saturated carbocycles. The summed E-state index contributed by atoms with van der Waals surface area (Å²) < 4.78 is 34.4. The fourth-order valence-electron chi connectivity index (χ4n) is 2.21. The van der Waals surface area contributed by atoms with Crippen molar-refractivity contribution < 1.29 is 23.0 Å². The number of ether oxygens (including phenoxy) is 2. The van der Waals surface area contributed by atoms with Crippen LogP contribution in [0.15, 0.2) is 18.2 Å². The summed E-state index contributed by atoms with van der Waals surface area (Å²) in [6.07, 6.45) is -3.30. The third-order valence-electron chi connectivity index (χ3n) is 3.12. The first-order valence-corrected chi connectivity index (χ1v) is 7.68. The van der Waals surface area contributed by atoms with Crippen LogP contribution in [0.25, 0.3) is 0 Å². The minimum Gasteiger partial charge on any atom is -0.395 e. The highest BCUT2D eigenvalue weighted by Crippen LogP contribution is 2.42. The van der Waals surface area contributed by atoms with Crippen LogP contribution in [-0.2, 0) is 4.79 Å². The average molecular weight is 316 g/mol. The maximum Gasteiger partial charge on any atom is 0.586 e. The number of nitrogens with one attached hydrogen (secondary N) is 2. The number of benzene rings is 1. The first kappa shape index (κ1) is 14.4. The number of thioether (sulfide) groups is 1. The highest BCUT2D eigenvalue weighted by atomic mass is 32.2. The van der Waals surface area contributed by atoms with E-state index in [0.717, 1.165) is 18.1 Å². The fraction of sp³-hybridized carbons (Fsp3) is 0.462. The number of anilines is 1. The van der Waals surface area contributed by atoms with Crippen molar-refractivity contribution in [2.75, 3.05) is 23.4 Å². The van der Waals surface area contributed by atoms with Crippen LogP contribution in [-0.4, -0.2) is 36.3 Å². The molecule has 1 saturated heterocycles. The smallest absolute Gasteiger partial charge is 0.395 e. The molecule has 3 rings (SSSR count). The van der Waals surface area contributed by atoms with E-state index in [1.54, 1.807) is 11.8 Å². The molecule has 21 heavy (non-hydrogen) atoms. The Balaban J connectivity index is 1.59. The summed E-state index contributed by atoms with van der Waals surface area (Å²) in [6.45, 7) is 0.891. The van der Waals surface area contributed by atoms with Crippen LogP contribution in [0.3, 0.4) is 0 Å². The molecule has 1 unspecified atom stereocenters. The largest absolute Gasteiger partial charge is 0.586 e. The summed E-state index contributed by atoms with van der Waals surface area (Å²) in [7, 11) is 0. The van der Waals surface area contributed by atoms with Gasteiger partial charge in [0.15, 0.2) is 11.5 Å². The van der Waals surface area contributed by atoms with Crippen molar-refractivity contribution in [2.45, 2.75) is 18.8 Å². The van der Waals surface area contributed by atoms with Gasteiger partial charge in [-0.2, -0.15) is 11.8 Å². The zero-order valence-electron chi connectivity index (χ0n) is 11.0. The molecule has 1 fully saturated rings. The Kier molecular flexibility index (Phi) is 3.90. The van der Waals surface area contributed by atoms with E-state index in [9.17, 15) is 13.6 Å².